The Kier molecular flexibility index (Phi) is 5.61. The van der Waals surface area contributed by atoms with Crippen molar-refractivity contribution >= 4 is 6.03 Å². The molecule has 2 aliphatic rings. The van der Waals surface area contributed by atoms with E-state index in [1.165, 1.54) is 0 Å². The number of amides is 2. The number of aromatic nitrogens is 3. The Balaban J connectivity index is 1.53. The molecular weight excluding hydrogens is 318 g/mol. The minimum atomic E-state index is 0.0725. The van der Waals surface area contributed by atoms with Gasteiger partial charge in [0.25, 0.3) is 0 Å². The Morgan fingerprint density at radius 2 is 2.00 bits per heavy atom. The average Bonchev–Trinajstić information content (AvgIpc) is 3.16. The molecule has 1 N–H and O–H groups in total. The number of carbonyl (C=O) groups is 1. The van der Waals surface area contributed by atoms with Crippen LogP contribution < -0.4 is 5.32 Å². The zero-order valence-corrected chi connectivity index (χ0v) is 15.6. The maximum Gasteiger partial charge on any atom is 0.317 e. The fourth-order valence-electron chi connectivity index (χ4n) is 4.56. The number of carbonyl (C=O) groups excluding carboxylic acids is 1. The van der Waals surface area contributed by atoms with Crippen molar-refractivity contribution in [1.29, 1.82) is 0 Å². The summed E-state index contributed by atoms with van der Waals surface area (Å²) in [5, 5.41) is 7.51. The van der Waals surface area contributed by atoms with Crippen LogP contribution in [-0.4, -0.2) is 57.5 Å². The number of hydrogen-bond acceptors (Lipinski definition) is 4. The lowest BCUT2D eigenvalue weighted by Gasteiger charge is -2.55. The third-order valence-electron chi connectivity index (χ3n) is 6.33. The predicted octanol–water partition coefficient (Wildman–Crippen LogP) is 2.61. The molecule has 1 aliphatic carbocycles. The average molecular weight is 349 g/mol. The Hall–Kier alpha value is -1.63. The number of likely N-dealkylation sites (tertiary alicyclic amines) is 1. The first-order valence-corrected chi connectivity index (χ1v) is 9.65. The van der Waals surface area contributed by atoms with E-state index in [9.17, 15) is 4.79 Å². The summed E-state index contributed by atoms with van der Waals surface area (Å²) >= 11 is 0. The molecule has 2 heterocycles. The smallest absolute Gasteiger partial charge is 0.317 e. The SMILES string of the molecule is CCO[C@H]1C[C@H](NC(=O)N2CCC(n3cncn3)CC2)C1(CC)CC. The Morgan fingerprint density at radius 3 is 2.56 bits per heavy atom. The number of ether oxygens (including phenoxy) is 1. The Bertz CT molecular complexity index is 550. The molecule has 25 heavy (non-hydrogen) atoms. The molecule has 0 unspecified atom stereocenters. The van der Waals surface area contributed by atoms with Crippen molar-refractivity contribution in [2.24, 2.45) is 5.41 Å². The fourth-order valence-corrected chi connectivity index (χ4v) is 4.56. The summed E-state index contributed by atoms with van der Waals surface area (Å²) in [6.07, 6.45) is 8.46. The molecule has 0 spiro atoms. The van der Waals surface area contributed by atoms with Gasteiger partial charge in [-0.05, 0) is 39.0 Å². The van der Waals surface area contributed by atoms with E-state index >= 15 is 0 Å². The number of nitrogens with one attached hydrogen (secondary N) is 1. The summed E-state index contributed by atoms with van der Waals surface area (Å²) in [6, 6.07) is 0.644. The molecule has 1 aromatic rings. The van der Waals surface area contributed by atoms with Crippen molar-refractivity contribution in [3.63, 3.8) is 0 Å². The second kappa shape index (κ2) is 7.72. The first kappa shape index (κ1) is 18.2. The maximum absolute atomic E-state index is 12.7. The molecule has 1 saturated heterocycles. The molecular formula is C18H31N5O2. The molecule has 140 valence electrons. The van der Waals surface area contributed by atoms with Gasteiger partial charge in [0.2, 0.25) is 0 Å². The molecule has 7 heteroatoms. The molecule has 1 saturated carbocycles. The lowest BCUT2D eigenvalue weighted by atomic mass is 9.58. The predicted molar refractivity (Wildman–Crippen MR) is 95.2 cm³/mol. The zero-order chi connectivity index (χ0) is 17.9. The molecule has 2 atom stereocenters. The zero-order valence-electron chi connectivity index (χ0n) is 15.6. The van der Waals surface area contributed by atoms with Crippen molar-refractivity contribution in [1.82, 2.24) is 25.0 Å². The molecule has 2 fully saturated rings. The summed E-state index contributed by atoms with van der Waals surface area (Å²) in [5.74, 6) is 0. The molecule has 1 aromatic heterocycles. The molecule has 0 radical (unpaired) electrons. The van der Waals surface area contributed by atoms with Crippen molar-refractivity contribution in [3.05, 3.63) is 12.7 Å². The van der Waals surface area contributed by atoms with E-state index in [1.807, 2.05) is 16.5 Å². The maximum atomic E-state index is 12.7. The van der Waals surface area contributed by atoms with E-state index in [2.05, 4.69) is 29.2 Å². The second-order valence-electron chi connectivity index (χ2n) is 7.22. The van der Waals surface area contributed by atoms with Crippen LogP contribution in [0.25, 0.3) is 0 Å². The summed E-state index contributed by atoms with van der Waals surface area (Å²) < 4.78 is 7.82. The summed E-state index contributed by atoms with van der Waals surface area (Å²) in [4.78, 5) is 18.7. The molecule has 1 aliphatic heterocycles. The van der Waals surface area contributed by atoms with Gasteiger partial charge in [-0.25, -0.2) is 14.5 Å². The Morgan fingerprint density at radius 1 is 1.28 bits per heavy atom. The number of rotatable bonds is 6. The Labute approximate surface area is 150 Å². The number of piperidine rings is 1. The van der Waals surface area contributed by atoms with Gasteiger partial charge < -0.3 is 15.0 Å². The molecule has 0 bridgehead atoms. The second-order valence-corrected chi connectivity index (χ2v) is 7.22. The number of hydrogen-bond donors (Lipinski definition) is 1. The summed E-state index contributed by atoms with van der Waals surface area (Å²) in [7, 11) is 0. The first-order valence-electron chi connectivity index (χ1n) is 9.65. The van der Waals surface area contributed by atoms with E-state index < -0.39 is 0 Å². The topological polar surface area (TPSA) is 72.3 Å². The first-order chi connectivity index (χ1) is 12.1. The molecule has 2 amide bonds. The van der Waals surface area contributed by atoms with Crippen LogP contribution in [0.2, 0.25) is 0 Å². The van der Waals surface area contributed by atoms with Crippen molar-refractivity contribution in [2.75, 3.05) is 19.7 Å². The fraction of sp³-hybridized carbons (Fsp3) is 0.833. The monoisotopic (exact) mass is 349 g/mol. The number of urea groups is 1. The van der Waals surface area contributed by atoms with E-state index in [1.54, 1.807) is 12.7 Å². The minimum absolute atomic E-state index is 0.0725. The van der Waals surface area contributed by atoms with Crippen LogP contribution in [0, 0.1) is 5.41 Å². The van der Waals surface area contributed by atoms with Crippen molar-refractivity contribution in [2.45, 2.75) is 71.1 Å². The van der Waals surface area contributed by atoms with Crippen LogP contribution in [0.5, 0.6) is 0 Å². The summed E-state index contributed by atoms with van der Waals surface area (Å²) in [6.45, 7) is 8.73. The van der Waals surface area contributed by atoms with Crippen LogP contribution in [0.1, 0.15) is 58.9 Å². The van der Waals surface area contributed by atoms with Gasteiger partial charge in [0.15, 0.2) is 0 Å². The third kappa shape index (κ3) is 3.38. The highest BCUT2D eigenvalue weighted by Crippen LogP contribution is 2.49. The van der Waals surface area contributed by atoms with Gasteiger partial charge in [0.05, 0.1) is 12.1 Å². The largest absolute Gasteiger partial charge is 0.378 e. The highest BCUT2D eigenvalue weighted by Gasteiger charge is 2.54. The van der Waals surface area contributed by atoms with E-state index in [0.717, 1.165) is 51.8 Å². The van der Waals surface area contributed by atoms with Gasteiger partial charge in [-0.15, -0.1) is 0 Å². The van der Waals surface area contributed by atoms with Crippen LogP contribution >= 0.6 is 0 Å². The molecule has 0 aromatic carbocycles. The lowest BCUT2D eigenvalue weighted by Crippen LogP contribution is -2.65. The number of nitrogens with zero attached hydrogens (tertiary/aromatic N) is 4. The van der Waals surface area contributed by atoms with Gasteiger partial charge in [0.1, 0.15) is 12.7 Å². The van der Waals surface area contributed by atoms with Crippen molar-refractivity contribution in [3.8, 4) is 0 Å². The van der Waals surface area contributed by atoms with Crippen LogP contribution in [0.3, 0.4) is 0 Å². The standard InChI is InChI=1S/C18H31N5O2/c1-4-18(5-2)15(11-16(18)25-6-3)21-17(24)22-9-7-14(8-10-22)23-13-19-12-20-23/h12-16H,4-11H2,1-3H3,(H,21,24)/t15-,16-/m0/s1. The minimum Gasteiger partial charge on any atom is -0.378 e. The highest BCUT2D eigenvalue weighted by atomic mass is 16.5. The normalized spacial score (nSPS) is 26.3. The van der Waals surface area contributed by atoms with E-state index in [-0.39, 0.29) is 23.6 Å². The van der Waals surface area contributed by atoms with Crippen molar-refractivity contribution < 1.29 is 9.53 Å². The lowest BCUT2D eigenvalue weighted by molar-refractivity contribution is -0.134. The van der Waals surface area contributed by atoms with E-state index in [0.29, 0.717) is 6.04 Å². The highest BCUT2D eigenvalue weighted by molar-refractivity contribution is 5.75. The summed E-state index contributed by atoms with van der Waals surface area (Å²) in [5.41, 5.74) is 0.0880. The quantitative estimate of drug-likeness (QED) is 0.857. The van der Waals surface area contributed by atoms with Crippen LogP contribution in [0.15, 0.2) is 12.7 Å². The van der Waals surface area contributed by atoms with Gasteiger partial charge in [-0.3, -0.25) is 0 Å². The van der Waals surface area contributed by atoms with Gasteiger partial charge in [-0.2, -0.15) is 5.10 Å². The van der Waals surface area contributed by atoms with Gasteiger partial charge >= 0.3 is 6.03 Å². The van der Waals surface area contributed by atoms with E-state index in [4.69, 9.17) is 4.74 Å². The molecule has 3 rings (SSSR count). The molecule has 7 nitrogen and oxygen atoms in total. The third-order valence-corrected chi connectivity index (χ3v) is 6.33. The van der Waals surface area contributed by atoms with Gasteiger partial charge in [0, 0.05) is 31.2 Å². The van der Waals surface area contributed by atoms with Crippen LogP contribution in [-0.2, 0) is 4.74 Å². The van der Waals surface area contributed by atoms with Gasteiger partial charge in [-0.1, -0.05) is 13.8 Å². The van der Waals surface area contributed by atoms with Crippen LogP contribution in [0.4, 0.5) is 4.79 Å².